The minimum absolute atomic E-state index is 0.206. The summed E-state index contributed by atoms with van der Waals surface area (Å²) in [7, 11) is 0. The fraction of sp³-hybridized carbons (Fsp3) is 0.750. The molecule has 0 bridgehead atoms. The van der Waals surface area contributed by atoms with Crippen LogP contribution in [0.25, 0.3) is 0 Å². The maximum Gasteiger partial charge on any atom is 0.252 e. The van der Waals surface area contributed by atoms with Crippen molar-refractivity contribution in [3.8, 4) is 0 Å². The molecule has 2 amide bonds. The van der Waals surface area contributed by atoms with Crippen molar-refractivity contribution in [2.45, 2.75) is 19.4 Å². The van der Waals surface area contributed by atoms with Crippen molar-refractivity contribution in [1.82, 2.24) is 15.8 Å². The Morgan fingerprint density at radius 3 is 2.71 bits per heavy atom. The molecule has 0 aromatic rings. The third-order valence-electron chi connectivity index (χ3n) is 1.99. The van der Waals surface area contributed by atoms with Gasteiger partial charge < -0.3 is 5.11 Å². The minimum atomic E-state index is -0.330. The number of aliphatic hydroxyl groups excluding tert-OH is 1. The number of amides is 2. The lowest BCUT2D eigenvalue weighted by Gasteiger charge is -2.14. The van der Waals surface area contributed by atoms with Crippen LogP contribution in [0.3, 0.4) is 0 Å². The molecule has 1 rings (SSSR count). The van der Waals surface area contributed by atoms with E-state index < -0.39 is 0 Å². The average molecular weight is 201 g/mol. The first-order valence-electron chi connectivity index (χ1n) is 4.54. The van der Waals surface area contributed by atoms with Crippen LogP contribution in [0, 0.1) is 0 Å². The first kappa shape index (κ1) is 10.9. The van der Waals surface area contributed by atoms with Gasteiger partial charge in [-0.1, -0.05) is 0 Å². The molecule has 1 atom stereocenters. The first-order chi connectivity index (χ1) is 6.58. The molecule has 0 saturated carbocycles. The van der Waals surface area contributed by atoms with Crippen molar-refractivity contribution in [1.29, 1.82) is 0 Å². The van der Waals surface area contributed by atoms with Crippen LogP contribution < -0.4 is 10.9 Å². The van der Waals surface area contributed by atoms with Crippen molar-refractivity contribution in [3.05, 3.63) is 0 Å². The first-order valence-corrected chi connectivity index (χ1v) is 4.54. The molecule has 3 N–H and O–H groups in total. The van der Waals surface area contributed by atoms with E-state index in [2.05, 4.69) is 10.9 Å². The highest BCUT2D eigenvalue weighted by atomic mass is 16.3. The Kier molecular flexibility index (Phi) is 3.84. The topological polar surface area (TPSA) is 81.7 Å². The monoisotopic (exact) mass is 201 g/mol. The van der Waals surface area contributed by atoms with Crippen LogP contribution in [0.4, 0.5) is 0 Å². The van der Waals surface area contributed by atoms with Gasteiger partial charge in [0, 0.05) is 20.0 Å². The molecule has 0 aliphatic carbocycles. The lowest BCUT2D eigenvalue weighted by Crippen LogP contribution is -2.45. The second-order valence-electron chi connectivity index (χ2n) is 3.41. The van der Waals surface area contributed by atoms with Crippen molar-refractivity contribution in [3.63, 3.8) is 0 Å². The highest BCUT2D eigenvalue weighted by Gasteiger charge is 2.21. The van der Waals surface area contributed by atoms with Crippen molar-refractivity contribution in [2.24, 2.45) is 0 Å². The molecule has 0 unspecified atom stereocenters. The van der Waals surface area contributed by atoms with Crippen molar-refractivity contribution < 1.29 is 14.7 Å². The van der Waals surface area contributed by atoms with Crippen molar-refractivity contribution >= 4 is 11.8 Å². The molecule has 0 spiro atoms. The standard InChI is InChI=1S/C8H15N3O3/c1-6(12)9-10-8(14)5-11-3-2-7(13)4-11/h7,13H,2-5H2,1H3,(H,9,12)(H,10,14)/t7-/m0/s1. The summed E-state index contributed by atoms with van der Waals surface area (Å²) in [5.41, 5.74) is 4.46. The Bertz CT molecular complexity index is 232. The average Bonchev–Trinajstić information content (AvgIpc) is 2.48. The smallest absolute Gasteiger partial charge is 0.252 e. The summed E-state index contributed by atoms with van der Waals surface area (Å²) in [5.74, 6) is -0.575. The second kappa shape index (κ2) is 4.92. The Morgan fingerprint density at radius 2 is 2.21 bits per heavy atom. The van der Waals surface area contributed by atoms with E-state index in [0.29, 0.717) is 19.5 Å². The lowest BCUT2D eigenvalue weighted by atomic mass is 10.3. The number of nitrogens with one attached hydrogen (secondary N) is 2. The molecule has 0 radical (unpaired) electrons. The largest absolute Gasteiger partial charge is 0.392 e. The summed E-state index contributed by atoms with van der Waals surface area (Å²) in [6.45, 7) is 2.76. The summed E-state index contributed by atoms with van der Waals surface area (Å²) in [5, 5.41) is 9.19. The fourth-order valence-electron chi connectivity index (χ4n) is 1.36. The molecule has 0 aromatic heterocycles. The third kappa shape index (κ3) is 3.71. The lowest BCUT2D eigenvalue weighted by molar-refractivity contribution is -0.128. The molecule has 0 aromatic carbocycles. The zero-order chi connectivity index (χ0) is 10.6. The van der Waals surface area contributed by atoms with Gasteiger partial charge in [-0.3, -0.25) is 25.3 Å². The van der Waals surface area contributed by atoms with Gasteiger partial charge in [0.1, 0.15) is 0 Å². The van der Waals surface area contributed by atoms with Gasteiger partial charge in [-0.25, -0.2) is 0 Å². The maximum atomic E-state index is 11.2. The van der Waals surface area contributed by atoms with E-state index in [1.807, 2.05) is 4.90 Å². The summed E-state index contributed by atoms with van der Waals surface area (Å²) >= 11 is 0. The number of hydrogen-bond donors (Lipinski definition) is 3. The molecule has 1 aliphatic rings. The summed E-state index contributed by atoms with van der Waals surface area (Å²) < 4.78 is 0. The van der Waals surface area contributed by atoms with Gasteiger partial charge >= 0.3 is 0 Å². The van der Waals surface area contributed by atoms with Crippen LogP contribution in [0.5, 0.6) is 0 Å². The van der Waals surface area contributed by atoms with Gasteiger partial charge in [0.05, 0.1) is 12.6 Å². The molecule has 6 heteroatoms. The van der Waals surface area contributed by atoms with E-state index in [1.54, 1.807) is 0 Å². The molecule has 14 heavy (non-hydrogen) atoms. The number of nitrogens with zero attached hydrogens (tertiary/aromatic N) is 1. The molecular formula is C8H15N3O3. The van der Waals surface area contributed by atoms with Gasteiger partial charge in [-0.15, -0.1) is 0 Å². The number of carbonyl (C=O) groups excluding carboxylic acids is 2. The van der Waals surface area contributed by atoms with E-state index in [9.17, 15) is 14.7 Å². The van der Waals surface area contributed by atoms with Gasteiger partial charge in [0.15, 0.2) is 0 Å². The quantitative estimate of drug-likeness (QED) is 0.461. The maximum absolute atomic E-state index is 11.2. The Balaban J connectivity index is 2.17. The SMILES string of the molecule is CC(=O)NNC(=O)CN1CC[C@H](O)C1. The predicted molar refractivity (Wildman–Crippen MR) is 49.0 cm³/mol. The van der Waals surface area contributed by atoms with E-state index in [0.717, 1.165) is 0 Å². The van der Waals surface area contributed by atoms with Gasteiger partial charge in [0.25, 0.3) is 5.91 Å². The molecule has 1 heterocycles. The van der Waals surface area contributed by atoms with Crippen LogP contribution in [0.2, 0.25) is 0 Å². The Hall–Kier alpha value is -1.14. The highest BCUT2D eigenvalue weighted by molar-refractivity contribution is 5.81. The molecule has 6 nitrogen and oxygen atoms in total. The van der Waals surface area contributed by atoms with Crippen LogP contribution in [0.15, 0.2) is 0 Å². The summed E-state index contributed by atoms with van der Waals surface area (Å²) in [4.78, 5) is 23.5. The number of likely N-dealkylation sites (tertiary alicyclic amines) is 1. The number of hydrazine groups is 1. The van der Waals surface area contributed by atoms with Gasteiger partial charge in [-0.2, -0.15) is 0 Å². The van der Waals surface area contributed by atoms with Crippen LogP contribution >= 0.6 is 0 Å². The molecule has 1 aliphatic heterocycles. The van der Waals surface area contributed by atoms with E-state index in [1.165, 1.54) is 6.92 Å². The second-order valence-corrected chi connectivity index (χ2v) is 3.41. The zero-order valence-corrected chi connectivity index (χ0v) is 8.12. The third-order valence-corrected chi connectivity index (χ3v) is 1.99. The molecule has 1 saturated heterocycles. The molecular weight excluding hydrogens is 186 g/mol. The van der Waals surface area contributed by atoms with Crippen molar-refractivity contribution in [2.75, 3.05) is 19.6 Å². The Morgan fingerprint density at radius 1 is 1.50 bits per heavy atom. The van der Waals surface area contributed by atoms with E-state index in [-0.39, 0.29) is 24.5 Å². The van der Waals surface area contributed by atoms with Gasteiger partial charge in [0.2, 0.25) is 5.91 Å². The molecule has 80 valence electrons. The number of aliphatic hydroxyl groups is 1. The van der Waals surface area contributed by atoms with Crippen LogP contribution in [-0.4, -0.2) is 47.6 Å². The van der Waals surface area contributed by atoms with Crippen LogP contribution in [0.1, 0.15) is 13.3 Å². The number of hydrogen-bond acceptors (Lipinski definition) is 4. The normalized spacial score (nSPS) is 22.0. The fourth-order valence-corrected chi connectivity index (χ4v) is 1.36. The zero-order valence-electron chi connectivity index (χ0n) is 8.12. The number of β-amino-alcohol motifs (C(OH)–C–C–N with tert-alkyl or cyclic N) is 1. The minimum Gasteiger partial charge on any atom is -0.392 e. The number of rotatable bonds is 2. The van der Waals surface area contributed by atoms with Crippen LogP contribution in [-0.2, 0) is 9.59 Å². The summed E-state index contributed by atoms with van der Waals surface area (Å²) in [6.07, 6.45) is 0.372. The molecule has 1 fully saturated rings. The Labute approximate surface area is 82.2 Å². The summed E-state index contributed by atoms with van der Waals surface area (Å²) in [6, 6.07) is 0. The number of carbonyl (C=O) groups is 2. The van der Waals surface area contributed by atoms with E-state index >= 15 is 0 Å². The highest BCUT2D eigenvalue weighted by Crippen LogP contribution is 2.07. The predicted octanol–water partition coefficient (Wildman–Crippen LogP) is -1.78. The van der Waals surface area contributed by atoms with E-state index in [4.69, 9.17) is 0 Å². The van der Waals surface area contributed by atoms with Gasteiger partial charge in [-0.05, 0) is 6.42 Å².